The van der Waals surface area contributed by atoms with Crippen LogP contribution in [0.25, 0.3) is 0 Å². The number of hydrogen-bond acceptors (Lipinski definition) is 3. The largest absolute Gasteiger partial charge is 0.459 e. The van der Waals surface area contributed by atoms with Gasteiger partial charge in [0.2, 0.25) is 5.91 Å². The number of nitrogens with zero attached hydrogens (tertiary/aromatic N) is 1. The molecule has 0 bridgehead atoms. The third-order valence-corrected chi connectivity index (χ3v) is 4.50. The number of carbonyl (C=O) groups excluding carboxylic acids is 2. The Bertz CT molecular complexity index is 492. The molecule has 2 amide bonds. The fourth-order valence-corrected chi connectivity index (χ4v) is 3.37. The summed E-state index contributed by atoms with van der Waals surface area (Å²) < 4.78 is 5.16. The number of nitrogens with one attached hydrogen (secondary N) is 1. The van der Waals surface area contributed by atoms with E-state index >= 15 is 0 Å². The van der Waals surface area contributed by atoms with Crippen molar-refractivity contribution in [2.45, 2.75) is 57.0 Å². The van der Waals surface area contributed by atoms with E-state index in [9.17, 15) is 9.59 Å². The van der Waals surface area contributed by atoms with Crippen LogP contribution in [0.4, 0.5) is 0 Å². The Morgan fingerprint density at radius 1 is 1.14 bits per heavy atom. The lowest BCUT2D eigenvalue weighted by Gasteiger charge is -2.27. The summed E-state index contributed by atoms with van der Waals surface area (Å²) in [4.78, 5) is 26.5. The minimum absolute atomic E-state index is 0.000642. The molecule has 2 fully saturated rings. The second-order valence-electron chi connectivity index (χ2n) is 5.98. The van der Waals surface area contributed by atoms with Gasteiger partial charge in [-0.1, -0.05) is 19.3 Å². The van der Waals surface area contributed by atoms with Gasteiger partial charge in [0.05, 0.1) is 6.26 Å². The third kappa shape index (κ3) is 3.12. The van der Waals surface area contributed by atoms with Crippen LogP contribution in [0.15, 0.2) is 22.8 Å². The summed E-state index contributed by atoms with van der Waals surface area (Å²) in [6, 6.07) is 3.29. The molecule has 2 heterocycles. The first-order valence-electron chi connectivity index (χ1n) is 7.90. The van der Waals surface area contributed by atoms with Crippen molar-refractivity contribution in [1.29, 1.82) is 0 Å². The smallest absolute Gasteiger partial charge is 0.290 e. The Hall–Kier alpha value is -1.78. The molecule has 5 heteroatoms. The zero-order chi connectivity index (χ0) is 14.7. The van der Waals surface area contributed by atoms with Crippen LogP contribution in [0.1, 0.15) is 55.5 Å². The van der Waals surface area contributed by atoms with E-state index in [1.807, 2.05) is 0 Å². The van der Waals surface area contributed by atoms with Gasteiger partial charge in [-0.2, -0.15) is 0 Å². The van der Waals surface area contributed by atoms with E-state index < -0.39 is 0 Å². The van der Waals surface area contributed by atoms with E-state index in [4.69, 9.17) is 4.42 Å². The van der Waals surface area contributed by atoms with Crippen molar-refractivity contribution in [2.24, 2.45) is 0 Å². The maximum Gasteiger partial charge on any atom is 0.290 e. The van der Waals surface area contributed by atoms with Gasteiger partial charge in [0.15, 0.2) is 5.76 Å². The average Bonchev–Trinajstić information content (AvgIpc) is 3.19. The van der Waals surface area contributed by atoms with Crippen molar-refractivity contribution in [3.05, 3.63) is 24.2 Å². The van der Waals surface area contributed by atoms with E-state index in [2.05, 4.69) is 5.32 Å². The molecule has 1 aromatic rings. The molecule has 0 unspecified atom stereocenters. The van der Waals surface area contributed by atoms with Crippen LogP contribution in [0, 0.1) is 0 Å². The Morgan fingerprint density at radius 2 is 1.95 bits per heavy atom. The van der Waals surface area contributed by atoms with E-state index in [1.54, 1.807) is 17.0 Å². The predicted molar refractivity (Wildman–Crippen MR) is 77.8 cm³/mol. The maximum atomic E-state index is 12.5. The van der Waals surface area contributed by atoms with Gasteiger partial charge in [0.25, 0.3) is 5.91 Å². The van der Waals surface area contributed by atoms with Crippen LogP contribution >= 0.6 is 0 Å². The normalized spacial score (nSPS) is 23.2. The summed E-state index contributed by atoms with van der Waals surface area (Å²) in [5.41, 5.74) is 0. The zero-order valence-electron chi connectivity index (χ0n) is 12.2. The zero-order valence-corrected chi connectivity index (χ0v) is 12.2. The molecule has 114 valence electrons. The number of rotatable bonds is 3. The van der Waals surface area contributed by atoms with Crippen molar-refractivity contribution in [1.82, 2.24) is 10.2 Å². The van der Waals surface area contributed by atoms with Crippen LogP contribution in [0.3, 0.4) is 0 Å². The number of furan rings is 1. The highest BCUT2D eigenvalue weighted by Crippen LogP contribution is 2.22. The second-order valence-corrected chi connectivity index (χ2v) is 5.98. The summed E-state index contributed by atoms with van der Waals surface area (Å²) in [6.07, 6.45) is 8.85. The van der Waals surface area contributed by atoms with Gasteiger partial charge in [-0.3, -0.25) is 9.59 Å². The van der Waals surface area contributed by atoms with Gasteiger partial charge in [-0.05, 0) is 37.8 Å². The molecular formula is C16H22N2O3. The molecule has 0 spiro atoms. The Kier molecular flexibility index (Phi) is 4.27. The summed E-state index contributed by atoms with van der Waals surface area (Å²) in [5, 5.41) is 3.13. The molecule has 1 aliphatic carbocycles. The fraction of sp³-hybridized carbons (Fsp3) is 0.625. The lowest BCUT2D eigenvalue weighted by molar-refractivity contribution is -0.125. The maximum absolute atomic E-state index is 12.5. The van der Waals surface area contributed by atoms with E-state index in [0.717, 1.165) is 25.7 Å². The highest BCUT2D eigenvalue weighted by atomic mass is 16.3. The molecule has 1 atom stereocenters. The lowest BCUT2D eigenvalue weighted by Crippen LogP contribution is -2.49. The Balaban J connectivity index is 1.63. The van der Waals surface area contributed by atoms with Crippen LogP contribution in [0.5, 0.6) is 0 Å². The van der Waals surface area contributed by atoms with Crippen LogP contribution in [-0.2, 0) is 4.79 Å². The predicted octanol–water partition coefficient (Wildman–Crippen LogP) is 2.33. The molecule has 1 N–H and O–H groups in total. The Labute approximate surface area is 124 Å². The highest BCUT2D eigenvalue weighted by Gasteiger charge is 2.36. The summed E-state index contributed by atoms with van der Waals surface area (Å²) in [6.45, 7) is 0.627. The van der Waals surface area contributed by atoms with Crippen molar-refractivity contribution in [3.63, 3.8) is 0 Å². The molecule has 0 aromatic carbocycles. The van der Waals surface area contributed by atoms with Crippen LogP contribution in [0.2, 0.25) is 0 Å². The van der Waals surface area contributed by atoms with Crippen LogP contribution in [-0.4, -0.2) is 35.3 Å². The molecular weight excluding hydrogens is 268 g/mol. The quantitative estimate of drug-likeness (QED) is 0.929. The molecule has 5 nitrogen and oxygen atoms in total. The SMILES string of the molecule is O=C(NC1CCCCC1)[C@@H]1CCCN1C(=O)c1ccco1. The molecule has 2 aliphatic rings. The minimum Gasteiger partial charge on any atom is -0.459 e. The first-order chi connectivity index (χ1) is 10.3. The van der Waals surface area contributed by atoms with Gasteiger partial charge in [-0.15, -0.1) is 0 Å². The first-order valence-corrected chi connectivity index (χ1v) is 7.90. The van der Waals surface area contributed by atoms with Crippen molar-refractivity contribution in [3.8, 4) is 0 Å². The van der Waals surface area contributed by atoms with E-state index in [-0.39, 0.29) is 23.9 Å². The molecule has 1 aliphatic heterocycles. The van der Waals surface area contributed by atoms with E-state index in [1.165, 1.54) is 25.5 Å². The fourth-order valence-electron chi connectivity index (χ4n) is 3.37. The lowest BCUT2D eigenvalue weighted by atomic mass is 9.95. The first kappa shape index (κ1) is 14.2. The topological polar surface area (TPSA) is 62.6 Å². The van der Waals surface area contributed by atoms with Crippen molar-refractivity contribution in [2.75, 3.05) is 6.54 Å². The van der Waals surface area contributed by atoms with Crippen molar-refractivity contribution < 1.29 is 14.0 Å². The second kappa shape index (κ2) is 6.33. The summed E-state index contributed by atoms with van der Waals surface area (Å²) >= 11 is 0. The molecule has 0 radical (unpaired) electrons. The van der Waals surface area contributed by atoms with Gasteiger partial charge in [0.1, 0.15) is 6.04 Å². The van der Waals surface area contributed by atoms with Gasteiger partial charge < -0.3 is 14.6 Å². The monoisotopic (exact) mass is 290 g/mol. The number of carbonyl (C=O) groups is 2. The van der Waals surface area contributed by atoms with Crippen LogP contribution < -0.4 is 5.32 Å². The number of hydrogen-bond donors (Lipinski definition) is 1. The van der Waals surface area contributed by atoms with Crippen molar-refractivity contribution >= 4 is 11.8 Å². The Morgan fingerprint density at radius 3 is 2.67 bits per heavy atom. The number of amides is 2. The third-order valence-electron chi connectivity index (χ3n) is 4.50. The van der Waals surface area contributed by atoms with E-state index in [0.29, 0.717) is 12.3 Å². The minimum atomic E-state index is -0.343. The van der Waals surface area contributed by atoms with Gasteiger partial charge in [0, 0.05) is 12.6 Å². The molecule has 1 saturated carbocycles. The highest BCUT2D eigenvalue weighted by molar-refractivity contribution is 5.96. The molecule has 1 aromatic heterocycles. The number of likely N-dealkylation sites (tertiary alicyclic amines) is 1. The summed E-state index contributed by atoms with van der Waals surface area (Å²) in [7, 11) is 0. The molecule has 21 heavy (non-hydrogen) atoms. The molecule has 1 saturated heterocycles. The van der Waals surface area contributed by atoms with Gasteiger partial charge >= 0.3 is 0 Å². The summed E-state index contributed by atoms with van der Waals surface area (Å²) in [5.74, 6) is 0.132. The van der Waals surface area contributed by atoms with Gasteiger partial charge in [-0.25, -0.2) is 0 Å². The average molecular weight is 290 g/mol. The molecule has 3 rings (SSSR count). The standard InChI is InChI=1S/C16H22N2O3/c19-15(17-12-6-2-1-3-7-12)13-8-4-10-18(13)16(20)14-9-5-11-21-14/h5,9,11-13H,1-4,6-8,10H2,(H,17,19)/t13-/m0/s1.